The fourth-order valence-electron chi connectivity index (χ4n) is 3.09. The molecule has 7 heteroatoms. The van der Waals surface area contributed by atoms with Crippen molar-refractivity contribution in [1.29, 1.82) is 0 Å². The first-order valence-electron chi connectivity index (χ1n) is 8.99. The number of nitrogens with one attached hydrogen (secondary N) is 2. The maximum absolute atomic E-state index is 12.5. The first kappa shape index (κ1) is 18.7. The Morgan fingerprint density at radius 1 is 1.19 bits per heavy atom. The minimum atomic E-state index is -0.187. The summed E-state index contributed by atoms with van der Waals surface area (Å²) in [6, 6.07) is 10.9. The van der Waals surface area contributed by atoms with Gasteiger partial charge >= 0.3 is 6.03 Å². The number of aromatic nitrogens is 1. The predicted octanol–water partition coefficient (Wildman–Crippen LogP) is 2.82. The molecule has 3 rings (SSSR count). The molecule has 1 saturated heterocycles. The molecule has 1 aromatic carbocycles. The lowest BCUT2D eigenvalue weighted by Gasteiger charge is -2.32. The van der Waals surface area contributed by atoms with Crippen molar-refractivity contribution in [1.82, 2.24) is 15.2 Å². The van der Waals surface area contributed by atoms with Crippen LogP contribution in [0.4, 0.5) is 10.5 Å². The van der Waals surface area contributed by atoms with E-state index in [1.807, 2.05) is 31.2 Å². The summed E-state index contributed by atoms with van der Waals surface area (Å²) in [7, 11) is 1.52. The van der Waals surface area contributed by atoms with Crippen molar-refractivity contribution in [3.05, 3.63) is 53.7 Å². The lowest BCUT2D eigenvalue weighted by Crippen LogP contribution is -2.47. The number of benzene rings is 1. The Morgan fingerprint density at radius 2 is 1.89 bits per heavy atom. The van der Waals surface area contributed by atoms with Crippen LogP contribution in [0.25, 0.3) is 0 Å². The van der Waals surface area contributed by atoms with E-state index in [2.05, 4.69) is 15.6 Å². The van der Waals surface area contributed by atoms with E-state index in [4.69, 9.17) is 4.74 Å². The molecule has 2 aromatic rings. The third-order valence-electron chi connectivity index (χ3n) is 4.58. The molecule has 0 aliphatic carbocycles. The maximum atomic E-state index is 12.5. The Labute approximate surface area is 158 Å². The van der Waals surface area contributed by atoms with Crippen LogP contribution in [0.2, 0.25) is 0 Å². The van der Waals surface area contributed by atoms with Crippen molar-refractivity contribution in [2.24, 2.45) is 0 Å². The first-order chi connectivity index (χ1) is 13.1. The minimum absolute atomic E-state index is 0.0666. The number of hydrogen-bond donors (Lipinski definition) is 2. The lowest BCUT2D eigenvalue weighted by atomic mass is 10.0. The maximum Gasteiger partial charge on any atom is 0.321 e. The van der Waals surface area contributed by atoms with Crippen LogP contribution in [0.3, 0.4) is 0 Å². The number of nitrogens with zero attached hydrogens (tertiary/aromatic N) is 2. The molecule has 142 valence electrons. The Balaban J connectivity index is 1.52. The monoisotopic (exact) mass is 368 g/mol. The SMILES string of the molecule is COc1ncc(C)cc1NC(=O)N1CCC(NC(=O)c2ccccc2)CC1. The highest BCUT2D eigenvalue weighted by Crippen LogP contribution is 2.23. The summed E-state index contributed by atoms with van der Waals surface area (Å²) in [5.41, 5.74) is 2.15. The number of hydrogen-bond acceptors (Lipinski definition) is 4. The molecule has 2 N–H and O–H groups in total. The van der Waals surface area contributed by atoms with Crippen molar-refractivity contribution in [2.45, 2.75) is 25.8 Å². The van der Waals surface area contributed by atoms with E-state index in [1.54, 1.807) is 23.2 Å². The summed E-state index contributed by atoms with van der Waals surface area (Å²) in [6.07, 6.45) is 3.12. The van der Waals surface area contributed by atoms with Crippen LogP contribution in [-0.4, -0.2) is 48.1 Å². The number of urea groups is 1. The fourth-order valence-corrected chi connectivity index (χ4v) is 3.09. The number of ether oxygens (including phenoxy) is 1. The summed E-state index contributed by atoms with van der Waals surface area (Å²) in [5, 5.41) is 5.91. The molecule has 0 atom stereocenters. The highest BCUT2D eigenvalue weighted by molar-refractivity contribution is 5.94. The molecular formula is C20H24N4O3. The largest absolute Gasteiger partial charge is 0.480 e. The van der Waals surface area contributed by atoms with Crippen molar-refractivity contribution >= 4 is 17.6 Å². The normalized spacial score (nSPS) is 14.5. The Hall–Kier alpha value is -3.09. The van der Waals surface area contributed by atoms with Gasteiger partial charge in [-0.3, -0.25) is 4.79 Å². The molecule has 7 nitrogen and oxygen atoms in total. The third-order valence-corrected chi connectivity index (χ3v) is 4.58. The van der Waals surface area contributed by atoms with Crippen LogP contribution >= 0.6 is 0 Å². The molecule has 0 spiro atoms. The number of methoxy groups -OCH3 is 1. The van der Waals surface area contributed by atoms with Gasteiger partial charge in [0.2, 0.25) is 5.88 Å². The van der Waals surface area contributed by atoms with Crippen LogP contribution in [0.1, 0.15) is 28.8 Å². The third kappa shape index (κ3) is 4.75. The van der Waals surface area contributed by atoms with Crippen molar-refractivity contribution in [3.8, 4) is 5.88 Å². The van der Waals surface area contributed by atoms with E-state index < -0.39 is 0 Å². The Morgan fingerprint density at radius 3 is 2.56 bits per heavy atom. The van der Waals surface area contributed by atoms with Gasteiger partial charge in [0.25, 0.3) is 5.91 Å². The molecule has 1 aliphatic heterocycles. The topological polar surface area (TPSA) is 83.6 Å². The van der Waals surface area contributed by atoms with Crippen LogP contribution in [0.5, 0.6) is 5.88 Å². The molecule has 0 unspecified atom stereocenters. The van der Waals surface area contributed by atoms with Crippen LogP contribution in [0.15, 0.2) is 42.6 Å². The van der Waals surface area contributed by atoms with Gasteiger partial charge in [0.05, 0.1) is 7.11 Å². The molecule has 0 radical (unpaired) electrons. The van der Waals surface area contributed by atoms with Gasteiger partial charge in [-0.05, 0) is 43.5 Å². The standard InChI is InChI=1S/C20H24N4O3/c1-14-12-17(19(27-2)21-13-14)23-20(26)24-10-8-16(9-11-24)22-18(25)15-6-4-3-5-7-15/h3-7,12-13,16H,8-11H2,1-2H3,(H,22,25)(H,23,26). The number of anilines is 1. The van der Waals surface area contributed by atoms with E-state index >= 15 is 0 Å². The van der Waals surface area contributed by atoms with E-state index in [9.17, 15) is 9.59 Å². The molecule has 1 aliphatic rings. The average molecular weight is 368 g/mol. The molecular weight excluding hydrogens is 344 g/mol. The van der Waals surface area contributed by atoms with Gasteiger partial charge < -0.3 is 20.3 Å². The smallest absolute Gasteiger partial charge is 0.321 e. The number of pyridine rings is 1. The van der Waals surface area contributed by atoms with Gasteiger partial charge in [-0.15, -0.1) is 0 Å². The van der Waals surface area contributed by atoms with Gasteiger partial charge in [-0.25, -0.2) is 9.78 Å². The molecule has 27 heavy (non-hydrogen) atoms. The average Bonchev–Trinajstić information content (AvgIpc) is 2.69. The number of amides is 3. The zero-order chi connectivity index (χ0) is 19.2. The molecule has 0 saturated carbocycles. The number of aryl methyl sites for hydroxylation is 1. The number of likely N-dealkylation sites (tertiary alicyclic amines) is 1. The molecule has 0 bridgehead atoms. The Kier molecular flexibility index (Phi) is 5.90. The van der Waals surface area contributed by atoms with Crippen molar-refractivity contribution < 1.29 is 14.3 Å². The number of carbonyl (C=O) groups is 2. The number of carbonyl (C=O) groups excluding carboxylic acids is 2. The molecule has 1 fully saturated rings. The number of piperidine rings is 1. The Bertz CT molecular complexity index is 802. The van der Waals surface area contributed by atoms with Gasteiger partial charge in [-0.1, -0.05) is 18.2 Å². The van der Waals surface area contributed by atoms with Crippen LogP contribution in [-0.2, 0) is 0 Å². The van der Waals surface area contributed by atoms with Crippen LogP contribution in [0, 0.1) is 6.92 Å². The van der Waals surface area contributed by atoms with Gasteiger partial charge in [0.15, 0.2) is 0 Å². The highest BCUT2D eigenvalue weighted by Gasteiger charge is 2.24. The molecule has 3 amide bonds. The zero-order valence-corrected chi connectivity index (χ0v) is 15.6. The van der Waals surface area contributed by atoms with Crippen molar-refractivity contribution in [2.75, 3.05) is 25.5 Å². The molecule has 2 heterocycles. The van der Waals surface area contributed by atoms with Gasteiger partial charge in [0, 0.05) is 30.9 Å². The summed E-state index contributed by atoms with van der Waals surface area (Å²) in [4.78, 5) is 30.7. The summed E-state index contributed by atoms with van der Waals surface area (Å²) < 4.78 is 5.20. The summed E-state index contributed by atoms with van der Waals surface area (Å²) >= 11 is 0. The van der Waals surface area contributed by atoms with E-state index in [0.717, 1.165) is 18.4 Å². The van der Waals surface area contributed by atoms with E-state index in [1.165, 1.54) is 7.11 Å². The van der Waals surface area contributed by atoms with E-state index in [0.29, 0.717) is 30.2 Å². The summed E-state index contributed by atoms with van der Waals surface area (Å²) in [6.45, 7) is 3.06. The van der Waals surface area contributed by atoms with Gasteiger partial charge in [-0.2, -0.15) is 0 Å². The quantitative estimate of drug-likeness (QED) is 0.869. The zero-order valence-electron chi connectivity index (χ0n) is 15.6. The highest BCUT2D eigenvalue weighted by atomic mass is 16.5. The second-order valence-corrected chi connectivity index (χ2v) is 6.60. The van der Waals surface area contributed by atoms with Gasteiger partial charge in [0.1, 0.15) is 5.69 Å². The first-order valence-corrected chi connectivity index (χ1v) is 8.99. The number of rotatable bonds is 4. The minimum Gasteiger partial charge on any atom is -0.480 e. The lowest BCUT2D eigenvalue weighted by molar-refractivity contribution is 0.0919. The molecule has 1 aromatic heterocycles. The fraction of sp³-hybridized carbons (Fsp3) is 0.350. The predicted molar refractivity (Wildman–Crippen MR) is 103 cm³/mol. The summed E-state index contributed by atoms with van der Waals surface area (Å²) in [5.74, 6) is 0.313. The van der Waals surface area contributed by atoms with E-state index in [-0.39, 0.29) is 18.0 Å². The van der Waals surface area contributed by atoms with Crippen LogP contribution < -0.4 is 15.4 Å². The second kappa shape index (κ2) is 8.53. The second-order valence-electron chi connectivity index (χ2n) is 6.60. The van der Waals surface area contributed by atoms with Crippen molar-refractivity contribution in [3.63, 3.8) is 0 Å².